The highest BCUT2D eigenvalue weighted by molar-refractivity contribution is 8.14. The van der Waals surface area contributed by atoms with Crippen LogP contribution >= 0.6 is 11.8 Å². The summed E-state index contributed by atoms with van der Waals surface area (Å²) in [7, 11) is 0. The molecule has 1 unspecified atom stereocenters. The molecular formula is C16H32N2S. The molecule has 1 heterocycles. The fourth-order valence-corrected chi connectivity index (χ4v) is 4.47. The maximum Gasteiger partial charge on any atom is 0.157 e. The normalized spacial score (nSPS) is 21.5. The van der Waals surface area contributed by atoms with Crippen LogP contribution in [0.4, 0.5) is 0 Å². The van der Waals surface area contributed by atoms with Gasteiger partial charge in [-0.2, -0.15) is 0 Å². The Hall–Kier alpha value is -0.180. The summed E-state index contributed by atoms with van der Waals surface area (Å²) in [6.45, 7) is 19.3. The maximum atomic E-state index is 4.68. The third-order valence-electron chi connectivity index (χ3n) is 2.97. The Bertz CT molecular complexity index is 332. The number of rotatable bonds is 3. The van der Waals surface area contributed by atoms with Crippen LogP contribution in [0.1, 0.15) is 68.2 Å². The van der Waals surface area contributed by atoms with Gasteiger partial charge in [0.05, 0.1) is 6.54 Å². The number of hydrogen-bond acceptors (Lipinski definition) is 3. The number of nitrogens with one attached hydrogen (secondary N) is 1. The van der Waals surface area contributed by atoms with E-state index in [-0.39, 0.29) is 5.54 Å². The van der Waals surface area contributed by atoms with Crippen LogP contribution < -0.4 is 5.32 Å². The molecule has 0 fully saturated rings. The third-order valence-corrected chi connectivity index (χ3v) is 4.08. The zero-order valence-electron chi connectivity index (χ0n) is 14.1. The topological polar surface area (TPSA) is 24.4 Å². The first-order valence-electron chi connectivity index (χ1n) is 7.36. The minimum absolute atomic E-state index is 0.112. The van der Waals surface area contributed by atoms with Crippen molar-refractivity contribution in [1.82, 2.24) is 5.32 Å². The van der Waals surface area contributed by atoms with Gasteiger partial charge in [0.1, 0.15) is 0 Å². The highest BCUT2D eigenvalue weighted by Crippen LogP contribution is 2.33. The van der Waals surface area contributed by atoms with Crippen molar-refractivity contribution in [3.05, 3.63) is 0 Å². The minimum Gasteiger partial charge on any atom is -0.360 e. The van der Waals surface area contributed by atoms with Crippen LogP contribution in [0.3, 0.4) is 0 Å². The standard InChI is InChI=1S/C16H32N2S/c1-14(2,3)9-12-10-17-13(19-12)18-16(7,8)11-15(4,5)6/h12H,9-11H2,1-8H3,(H,17,18). The van der Waals surface area contributed by atoms with Crippen molar-refractivity contribution < 1.29 is 0 Å². The molecular weight excluding hydrogens is 252 g/mol. The first-order chi connectivity index (χ1) is 8.36. The Balaban J connectivity index is 2.48. The summed E-state index contributed by atoms with van der Waals surface area (Å²) in [5, 5.41) is 5.43. The van der Waals surface area contributed by atoms with Gasteiger partial charge in [0, 0.05) is 10.8 Å². The third kappa shape index (κ3) is 7.24. The van der Waals surface area contributed by atoms with E-state index in [1.807, 2.05) is 11.8 Å². The van der Waals surface area contributed by atoms with Crippen LogP contribution in [-0.2, 0) is 0 Å². The molecule has 0 aliphatic carbocycles. The summed E-state index contributed by atoms with van der Waals surface area (Å²) >= 11 is 1.93. The summed E-state index contributed by atoms with van der Waals surface area (Å²) < 4.78 is 0. The smallest absolute Gasteiger partial charge is 0.157 e. The average molecular weight is 285 g/mol. The quantitative estimate of drug-likeness (QED) is 0.812. The second-order valence-electron chi connectivity index (χ2n) is 8.90. The number of hydrogen-bond donors (Lipinski definition) is 1. The fraction of sp³-hybridized carbons (Fsp3) is 0.938. The maximum absolute atomic E-state index is 4.68. The lowest BCUT2D eigenvalue weighted by molar-refractivity contribution is 0.268. The van der Waals surface area contributed by atoms with E-state index in [0.717, 1.165) is 18.1 Å². The monoisotopic (exact) mass is 284 g/mol. The molecule has 112 valence electrons. The predicted molar refractivity (Wildman–Crippen MR) is 89.0 cm³/mol. The van der Waals surface area contributed by atoms with E-state index < -0.39 is 0 Å². The molecule has 0 radical (unpaired) electrons. The van der Waals surface area contributed by atoms with E-state index in [4.69, 9.17) is 0 Å². The molecule has 3 heteroatoms. The summed E-state index contributed by atoms with van der Waals surface area (Å²) in [6, 6.07) is 0. The van der Waals surface area contributed by atoms with Crippen molar-refractivity contribution in [2.24, 2.45) is 15.8 Å². The van der Waals surface area contributed by atoms with Crippen LogP contribution in [0.25, 0.3) is 0 Å². The predicted octanol–water partition coefficient (Wildman–Crippen LogP) is 4.70. The Labute approximate surface area is 124 Å². The molecule has 1 atom stereocenters. The summed E-state index contributed by atoms with van der Waals surface area (Å²) in [4.78, 5) is 4.68. The van der Waals surface area contributed by atoms with E-state index in [9.17, 15) is 0 Å². The van der Waals surface area contributed by atoms with Crippen LogP contribution in [0.15, 0.2) is 4.99 Å². The van der Waals surface area contributed by atoms with Gasteiger partial charge in [-0.15, -0.1) is 0 Å². The van der Waals surface area contributed by atoms with E-state index in [0.29, 0.717) is 16.1 Å². The van der Waals surface area contributed by atoms with Crippen molar-refractivity contribution in [2.45, 2.75) is 79.0 Å². The lowest BCUT2D eigenvalue weighted by atomic mass is 9.82. The first-order valence-corrected chi connectivity index (χ1v) is 8.24. The van der Waals surface area contributed by atoms with Gasteiger partial charge in [-0.1, -0.05) is 53.3 Å². The molecule has 1 N–H and O–H groups in total. The van der Waals surface area contributed by atoms with Crippen LogP contribution in [-0.4, -0.2) is 22.5 Å². The van der Waals surface area contributed by atoms with E-state index in [1.165, 1.54) is 6.42 Å². The van der Waals surface area contributed by atoms with Crippen molar-refractivity contribution in [3.63, 3.8) is 0 Å². The van der Waals surface area contributed by atoms with Gasteiger partial charge in [-0.3, -0.25) is 4.99 Å². The highest BCUT2D eigenvalue weighted by Gasteiger charge is 2.30. The molecule has 0 amide bonds. The molecule has 0 aromatic heterocycles. The molecule has 0 aromatic carbocycles. The van der Waals surface area contributed by atoms with Gasteiger partial charge in [-0.25, -0.2) is 0 Å². The number of nitrogens with zero attached hydrogens (tertiary/aromatic N) is 1. The van der Waals surface area contributed by atoms with Gasteiger partial charge < -0.3 is 5.32 Å². The zero-order chi connectivity index (χ0) is 14.9. The number of aliphatic imine (C=N–C) groups is 1. The van der Waals surface area contributed by atoms with Crippen molar-refractivity contribution in [1.29, 1.82) is 0 Å². The average Bonchev–Trinajstić information content (AvgIpc) is 2.42. The Morgan fingerprint density at radius 2 is 1.63 bits per heavy atom. The molecule has 0 spiro atoms. The Morgan fingerprint density at radius 3 is 2.11 bits per heavy atom. The minimum atomic E-state index is 0.112. The van der Waals surface area contributed by atoms with Crippen molar-refractivity contribution in [3.8, 4) is 0 Å². The summed E-state index contributed by atoms with van der Waals surface area (Å²) in [6.07, 6.45) is 2.37. The Morgan fingerprint density at radius 1 is 1.05 bits per heavy atom. The molecule has 1 aliphatic heterocycles. The lowest BCUT2D eigenvalue weighted by Crippen LogP contribution is -2.44. The SMILES string of the molecule is CC(C)(C)CC1CN=C(NC(C)(C)CC(C)(C)C)S1. The second kappa shape index (κ2) is 5.67. The molecule has 19 heavy (non-hydrogen) atoms. The lowest BCUT2D eigenvalue weighted by Gasteiger charge is -2.34. The number of thioether (sulfide) groups is 1. The van der Waals surface area contributed by atoms with Crippen LogP contribution in [0, 0.1) is 10.8 Å². The first kappa shape index (κ1) is 16.9. The van der Waals surface area contributed by atoms with E-state index >= 15 is 0 Å². The second-order valence-corrected chi connectivity index (χ2v) is 10.2. The molecule has 0 bridgehead atoms. The van der Waals surface area contributed by atoms with Gasteiger partial charge in [0.2, 0.25) is 0 Å². The molecule has 0 saturated carbocycles. The zero-order valence-corrected chi connectivity index (χ0v) is 14.9. The molecule has 0 saturated heterocycles. The summed E-state index contributed by atoms with van der Waals surface area (Å²) in [5.41, 5.74) is 0.843. The van der Waals surface area contributed by atoms with E-state index in [2.05, 4.69) is 65.7 Å². The fourth-order valence-electron chi connectivity index (χ4n) is 2.93. The summed E-state index contributed by atoms with van der Waals surface area (Å²) in [5.74, 6) is 0. The van der Waals surface area contributed by atoms with Crippen molar-refractivity contribution >= 4 is 16.9 Å². The number of amidine groups is 1. The van der Waals surface area contributed by atoms with Crippen molar-refractivity contribution in [2.75, 3.05) is 6.54 Å². The van der Waals surface area contributed by atoms with E-state index in [1.54, 1.807) is 0 Å². The van der Waals surface area contributed by atoms with Crippen LogP contribution in [0.5, 0.6) is 0 Å². The molecule has 1 rings (SSSR count). The molecule has 1 aliphatic rings. The van der Waals surface area contributed by atoms with Gasteiger partial charge >= 0.3 is 0 Å². The highest BCUT2D eigenvalue weighted by atomic mass is 32.2. The molecule has 2 nitrogen and oxygen atoms in total. The van der Waals surface area contributed by atoms with Crippen LogP contribution in [0.2, 0.25) is 0 Å². The van der Waals surface area contributed by atoms with Gasteiger partial charge in [0.25, 0.3) is 0 Å². The van der Waals surface area contributed by atoms with Gasteiger partial charge in [0.15, 0.2) is 5.17 Å². The largest absolute Gasteiger partial charge is 0.360 e. The Kier molecular flexibility index (Phi) is 5.03. The van der Waals surface area contributed by atoms with Gasteiger partial charge in [-0.05, 0) is 37.5 Å². The molecule has 0 aromatic rings.